The number of alkyl halides is 9. The van der Waals surface area contributed by atoms with E-state index in [0.29, 0.717) is 177 Å². The third-order valence-corrected chi connectivity index (χ3v) is 24.2. The average molecular weight is 1600 g/mol. The molecule has 5 aliphatic carbocycles. The molecule has 8 aromatic rings. The maximum absolute atomic E-state index is 13.7. The van der Waals surface area contributed by atoms with Crippen molar-refractivity contribution in [2.24, 2.45) is 17.8 Å². The second-order valence-corrected chi connectivity index (χ2v) is 32.6. The van der Waals surface area contributed by atoms with Crippen LogP contribution < -0.4 is 0 Å². The minimum absolute atomic E-state index is 0.0173. The number of nitrogens with zero attached hydrogens (tertiary/aromatic N) is 4. The molecule has 5 fully saturated rings. The van der Waals surface area contributed by atoms with E-state index >= 15 is 0 Å². The van der Waals surface area contributed by atoms with Gasteiger partial charge in [0.25, 0.3) is 5.92 Å². The monoisotopic (exact) mass is 1600 g/mol. The van der Waals surface area contributed by atoms with Crippen LogP contribution in [0.15, 0.2) is 104 Å². The molecule has 14 rings (SSSR count). The quantitative estimate of drug-likeness (QED) is 0.0323. The minimum atomic E-state index is -4.56. The fourth-order valence-corrected chi connectivity index (χ4v) is 17.8. The van der Waals surface area contributed by atoms with Crippen LogP contribution in [0, 0.1) is 17.8 Å². The van der Waals surface area contributed by atoms with Crippen LogP contribution in [0.1, 0.15) is 263 Å². The summed E-state index contributed by atoms with van der Waals surface area (Å²) >= 11 is 19.2. The first-order valence-corrected chi connectivity index (χ1v) is 40.0. The second-order valence-electron chi connectivity index (χ2n) is 31.4. The topological polar surface area (TPSA) is 154 Å². The van der Waals surface area contributed by atoms with Crippen LogP contribution in [0.25, 0.3) is 27.6 Å². The molecule has 1 aliphatic heterocycles. The number of pyridine rings is 4. The van der Waals surface area contributed by atoms with Crippen molar-refractivity contribution in [3.63, 3.8) is 0 Å². The zero-order valence-corrected chi connectivity index (χ0v) is 65.0. The van der Waals surface area contributed by atoms with Crippen molar-refractivity contribution in [3.8, 4) is 0 Å². The van der Waals surface area contributed by atoms with E-state index in [9.17, 15) is 68.9 Å². The fraction of sp³-hybridized carbons (Fsp3) is 0.553. The van der Waals surface area contributed by atoms with Crippen LogP contribution in [0.3, 0.4) is 0 Å². The number of ketones is 4. The number of halogens is 12. The van der Waals surface area contributed by atoms with Crippen molar-refractivity contribution >= 4 is 85.6 Å². The highest BCUT2D eigenvalue weighted by atomic mass is 35.5. The lowest BCUT2D eigenvalue weighted by atomic mass is 9.76. The van der Waals surface area contributed by atoms with Gasteiger partial charge >= 0.3 is 6.18 Å². The number of carbonyl (C=O) groups excluding carboxylic acids is 4. The standard InChI is InChI=1S/C22H28F3NO3.C21H24ClF2NO2.C21H22ClF2NO2.C21H26ClF2NO2/c1-15-5-3-9-21(28,14-15)10-7-19(27)17-13-16(8-12-29-2)26-11-4-6-18(20(17)26)22(23,24)25;22-16-6-2-11-25-17(14-4-1-5-14)12-15(19(16)25)18(26)7-10-20(27)8-3-9-21(23,24)13-20;22-17-2-1-10-25-18(15-7-11-27-13-15)12-16(20(17)25)19(26)4-3-14-5-8-21(23,24)9-6-14;1-2-27-13-9-16-14-17(20-18(22)4-3-12-25(16)20)19(26)6-5-15-7-10-21(23,24)11-8-15/h4,6,11,13,15,28H,3,5,7-10,12,14H2,1-2H3;2,6,11-12,14,27H,1,3-5,7-10,13H2;1-2,7,10,12,14H,3-6,8-9,11,13H2;3-4,12,14-15H,2,5-11,13H2,1H3/t15-,21+;;;/m1.../s1. The summed E-state index contributed by atoms with van der Waals surface area (Å²) in [6.45, 7) is 6.68. The molecule has 0 bridgehead atoms. The number of fused-ring (bicyclic) bond motifs is 4. The van der Waals surface area contributed by atoms with Gasteiger partial charge in [0.1, 0.15) is 0 Å². The Morgan fingerprint density at radius 2 is 1.04 bits per heavy atom. The van der Waals surface area contributed by atoms with Crippen molar-refractivity contribution < 1.29 is 83.1 Å². The van der Waals surface area contributed by atoms with Crippen LogP contribution in [0.4, 0.5) is 39.5 Å². The largest absolute Gasteiger partial charge is 0.418 e. The third kappa shape index (κ3) is 20.9. The molecule has 2 N–H and O–H groups in total. The molecule has 6 aliphatic rings. The van der Waals surface area contributed by atoms with E-state index in [2.05, 4.69) is 6.92 Å². The Morgan fingerprint density at radius 3 is 1.55 bits per heavy atom. The molecule has 598 valence electrons. The average Bonchev–Trinajstić information content (AvgIpc) is 1.65. The van der Waals surface area contributed by atoms with Gasteiger partial charge in [-0.05, 0) is 193 Å². The molecule has 0 amide bonds. The van der Waals surface area contributed by atoms with Gasteiger partial charge in [-0.15, -0.1) is 0 Å². The van der Waals surface area contributed by atoms with Gasteiger partial charge in [-0.2, -0.15) is 13.2 Å². The normalized spacial score (nSPS) is 21.5. The van der Waals surface area contributed by atoms with Gasteiger partial charge in [0, 0.05) is 160 Å². The summed E-state index contributed by atoms with van der Waals surface area (Å²) < 4.78 is 145. The van der Waals surface area contributed by atoms with E-state index in [1.165, 1.54) is 24.0 Å². The number of ether oxygens (including phenoxy) is 3. The van der Waals surface area contributed by atoms with Gasteiger partial charge in [0.15, 0.2) is 23.1 Å². The predicted octanol–water partition coefficient (Wildman–Crippen LogP) is 22.6. The Bertz CT molecular complexity index is 4580. The smallest absolute Gasteiger partial charge is 0.390 e. The molecular formula is C85H100Cl3F9N4O9. The molecular weight excluding hydrogens is 1500 g/mol. The molecule has 110 heavy (non-hydrogen) atoms. The summed E-state index contributed by atoms with van der Waals surface area (Å²) in [5.41, 5.74) is 5.28. The van der Waals surface area contributed by atoms with Gasteiger partial charge in [0.05, 0.1) is 86.0 Å². The highest BCUT2D eigenvalue weighted by molar-refractivity contribution is 6.36. The number of rotatable bonds is 25. The number of hydrogen-bond acceptors (Lipinski definition) is 9. The molecule has 1 unspecified atom stereocenters. The lowest BCUT2D eigenvalue weighted by molar-refractivity contribution is -0.136. The van der Waals surface area contributed by atoms with Crippen molar-refractivity contribution in [1.29, 1.82) is 0 Å². The summed E-state index contributed by atoms with van der Waals surface area (Å²) in [5.74, 6) is -7.15. The van der Waals surface area contributed by atoms with Gasteiger partial charge < -0.3 is 42.0 Å². The second kappa shape index (κ2) is 36.3. The van der Waals surface area contributed by atoms with Crippen molar-refractivity contribution in [2.75, 3.05) is 40.1 Å². The number of carbonyl (C=O) groups is 4. The maximum Gasteiger partial charge on any atom is 0.418 e. The zero-order chi connectivity index (χ0) is 78.9. The van der Waals surface area contributed by atoms with Crippen LogP contribution in [0.5, 0.6) is 0 Å². The number of aliphatic hydroxyl groups is 2. The lowest BCUT2D eigenvalue weighted by Gasteiger charge is -2.36. The first kappa shape index (κ1) is 84.4. The Balaban J connectivity index is 0.000000146. The molecule has 0 saturated heterocycles. The van der Waals surface area contributed by atoms with E-state index in [0.717, 1.165) is 59.9 Å². The first-order chi connectivity index (χ1) is 52.3. The van der Waals surface area contributed by atoms with Gasteiger partial charge in [-0.3, -0.25) is 19.2 Å². The Kier molecular flexibility index (Phi) is 27.9. The number of Topliss-reactive ketones (excluding diaryl/α,β-unsaturated/α-hetero) is 4. The van der Waals surface area contributed by atoms with Crippen LogP contribution in [0.2, 0.25) is 15.1 Å². The highest BCUT2D eigenvalue weighted by Crippen LogP contribution is 2.46. The molecule has 13 nitrogen and oxygen atoms in total. The third-order valence-electron chi connectivity index (χ3n) is 23.2. The van der Waals surface area contributed by atoms with Gasteiger partial charge in [-0.1, -0.05) is 67.1 Å². The lowest BCUT2D eigenvalue weighted by Crippen LogP contribution is -2.41. The maximum atomic E-state index is 13.7. The highest BCUT2D eigenvalue weighted by Gasteiger charge is 2.45. The van der Waals surface area contributed by atoms with Crippen LogP contribution in [-0.2, 0) is 33.2 Å². The molecule has 0 aromatic carbocycles. The van der Waals surface area contributed by atoms with Crippen molar-refractivity contribution in [2.45, 2.75) is 241 Å². The molecule has 9 heterocycles. The van der Waals surface area contributed by atoms with Crippen LogP contribution in [-0.4, -0.2) is 120 Å². The van der Waals surface area contributed by atoms with E-state index < -0.39 is 47.1 Å². The summed E-state index contributed by atoms with van der Waals surface area (Å²) in [6, 6.07) is 20.5. The van der Waals surface area contributed by atoms with Crippen molar-refractivity contribution in [1.82, 2.24) is 17.6 Å². The molecule has 0 spiro atoms. The Hall–Kier alpha value is -6.50. The summed E-state index contributed by atoms with van der Waals surface area (Å²) in [7, 11) is 1.52. The van der Waals surface area contributed by atoms with E-state index in [1.807, 2.05) is 81.2 Å². The number of methoxy groups -OCH3 is 1. The molecule has 25 heteroatoms. The molecule has 8 aromatic heterocycles. The van der Waals surface area contributed by atoms with E-state index in [-0.39, 0.29) is 110 Å². The Labute approximate surface area is 651 Å². The van der Waals surface area contributed by atoms with Crippen molar-refractivity contribution in [3.05, 3.63) is 169 Å². The molecule has 5 saturated carbocycles. The van der Waals surface area contributed by atoms with E-state index in [4.69, 9.17) is 49.0 Å². The summed E-state index contributed by atoms with van der Waals surface area (Å²) in [6.07, 6.45) is 16.4. The Morgan fingerprint density at radius 1 is 0.555 bits per heavy atom. The first-order valence-electron chi connectivity index (χ1n) is 38.9. The zero-order valence-electron chi connectivity index (χ0n) is 62.7. The minimum Gasteiger partial charge on any atom is -0.390 e. The number of hydrogen-bond donors (Lipinski definition) is 2. The van der Waals surface area contributed by atoms with E-state index in [1.54, 1.807) is 30.5 Å². The predicted molar refractivity (Wildman–Crippen MR) is 410 cm³/mol. The summed E-state index contributed by atoms with van der Waals surface area (Å²) in [5, 5.41) is 22.9. The van der Waals surface area contributed by atoms with Crippen LogP contribution >= 0.6 is 34.8 Å². The molecule has 0 radical (unpaired) electrons. The number of aromatic nitrogens is 4. The fourth-order valence-electron chi connectivity index (χ4n) is 17.0. The van der Waals surface area contributed by atoms with Gasteiger partial charge in [0.2, 0.25) is 11.8 Å². The SMILES string of the molecule is CCOCCc1cc(C(=O)CCC2CCC(F)(F)CC2)c2c(Cl)cccn12.COCCc1cc(C(=O)CC[C@@]2(O)CCC[C@@H](C)C2)c2c(C(F)(F)F)cccn12.O=C(CCC1(O)CCCC(F)(F)C1)c1cc(C2CCC2)n2cccc(Cl)c12.O=C(CCC1CCC(F)(F)CC1)c1cc(C2=CCOC2)n2cccc(Cl)c12. The molecule has 3 atom stereocenters. The van der Waals surface area contributed by atoms with Gasteiger partial charge in [-0.25, -0.2) is 26.3 Å². The summed E-state index contributed by atoms with van der Waals surface area (Å²) in [4.78, 5) is 51.7.